The SMILES string of the molecule is CC1CN(S(=O)(=O)N2CCN(C(=O)CCCOc3cccc(F)c3)CC2)CC(C)O1. The van der Waals surface area contributed by atoms with E-state index in [1.165, 1.54) is 20.7 Å². The molecule has 0 saturated carbocycles. The van der Waals surface area contributed by atoms with Crippen LogP contribution in [0.3, 0.4) is 0 Å². The van der Waals surface area contributed by atoms with Crippen molar-refractivity contribution >= 4 is 16.1 Å². The van der Waals surface area contributed by atoms with Gasteiger partial charge < -0.3 is 14.4 Å². The standard InChI is InChI=1S/C20H30FN3O5S/c1-16-14-24(15-17(2)29-16)30(26,27)23-10-8-22(9-11-23)20(25)7-4-12-28-19-6-3-5-18(21)13-19/h3,5-6,13,16-17H,4,7-12,14-15H2,1-2H3. The summed E-state index contributed by atoms with van der Waals surface area (Å²) < 4.78 is 53.0. The van der Waals surface area contributed by atoms with Crippen molar-refractivity contribution in [2.24, 2.45) is 0 Å². The van der Waals surface area contributed by atoms with E-state index in [1.807, 2.05) is 13.8 Å². The molecular formula is C20H30FN3O5S. The van der Waals surface area contributed by atoms with Gasteiger partial charge in [-0.05, 0) is 32.4 Å². The molecule has 168 valence electrons. The Morgan fingerprint density at radius 3 is 2.43 bits per heavy atom. The lowest BCUT2D eigenvalue weighted by Crippen LogP contribution is -2.57. The van der Waals surface area contributed by atoms with Crippen LogP contribution in [0, 0.1) is 5.82 Å². The molecule has 2 unspecified atom stereocenters. The summed E-state index contributed by atoms with van der Waals surface area (Å²) in [5.41, 5.74) is 0. The van der Waals surface area contributed by atoms with Gasteiger partial charge in [0.15, 0.2) is 0 Å². The zero-order valence-electron chi connectivity index (χ0n) is 17.5. The first-order valence-corrected chi connectivity index (χ1v) is 11.7. The van der Waals surface area contributed by atoms with Crippen molar-refractivity contribution in [2.45, 2.75) is 38.9 Å². The molecular weight excluding hydrogens is 413 g/mol. The van der Waals surface area contributed by atoms with Crippen molar-refractivity contribution in [3.8, 4) is 5.75 Å². The number of hydrogen-bond acceptors (Lipinski definition) is 5. The Balaban J connectivity index is 1.41. The molecule has 0 radical (unpaired) electrons. The molecule has 10 heteroatoms. The van der Waals surface area contributed by atoms with Gasteiger partial charge in [0, 0.05) is 51.8 Å². The molecule has 2 aliphatic rings. The lowest BCUT2D eigenvalue weighted by Gasteiger charge is -2.40. The minimum atomic E-state index is -3.56. The summed E-state index contributed by atoms with van der Waals surface area (Å²) >= 11 is 0. The second-order valence-corrected chi connectivity index (χ2v) is 9.70. The van der Waals surface area contributed by atoms with E-state index in [1.54, 1.807) is 17.0 Å². The lowest BCUT2D eigenvalue weighted by atomic mass is 10.2. The summed E-state index contributed by atoms with van der Waals surface area (Å²) in [6, 6.07) is 5.88. The van der Waals surface area contributed by atoms with Crippen molar-refractivity contribution < 1.29 is 27.1 Å². The normalized spacial score (nSPS) is 24.0. The molecule has 2 aliphatic heterocycles. The quantitative estimate of drug-likeness (QED) is 0.597. The first kappa shape index (κ1) is 22.9. The maximum absolute atomic E-state index is 13.1. The molecule has 0 aromatic heterocycles. The number of piperazine rings is 1. The Morgan fingerprint density at radius 1 is 1.13 bits per heavy atom. The third kappa shape index (κ3) is 5.90. The average Bonchev–Trinajstić information content (AvgIpc) is 2.70. The summed E-state index contributed by atoms with van der Waals surface area (Å²) in [6.07, 6.45) is 0.541. The fourth-order valence-electron chi connectivity index (χ4n) is 3.78. The maximum Gasteiger partial charge on any atom is 0.282 e. The molecule has 2 fully saturated rings. The zero-order valence-corrected chi connectivity index (χ0v) is 18.3. The van der Waals surface area contributed by atoms with Crippen LogP contribution in [0.4, 0.5) is 4.39 Å². The summed E-state index contributed by atoms with van der Waals surface area (Å²) in [6.45, 7) is 6.06. The molecule has 2 heterocycles. The number of rotatable bonds is 7. The van der Waals surface area contributed by atoms with Gasteiger partial charge in [0.1, 0.15) is 11.6 Å². The number of carbonyl (C=O) groups excluding carboxylic acids is 1. The van der Waals surface area contributed by atoms with E-state index in [0.29, 0.717) is 51.4 Å². The van der Waals surface area contributed by atoms with Gasteiger partial charge in [-0.2, -0.15) is 17.0 Å². The van der Waals surface area contributed by atoms with Crippen LogP contribution in [-0.4, -0.2) is 85.9 Å². The third-order valence-electron chi connectivity index (χ3n) is 5.23. The van der Waals surface area contributed by atoms with E-state index < -0.39 is 10.2 Å². The Morgan fingerprint density at radius 2 is 1.80 bits per heavy atom. The van der Waals surface area contributed by atoms with Crippen LogP contribution in [0.25, 0.3) is 0 Å². The molecule has 1 aromatic carbocycles. The monoisotopic (exact) mass is 443 g/mol. The van der Waals surface area contributed by atoms with Gasteiger partial charge in [-0.25, -0.2) is 4.39 Å². The highest BCUT2D eigenvalue weighted by Crippen LogP contribution is 2.19. The predicted octanol–water partition coefficient (Wildman–Crippen LogP) is 1.48. The van der Waals surface area contributed by atoms with Crippen LogP contribution in [0.2, 0.25) is 0 Å². The highest BCUT2D eigenvalue weighted by Gasteiger charge is 2.37. The van der Waals surface area contributed by atoms with Crippen LogP contribution in [0.1, 0.15) is 26.7 Å². The number of carbonyl (C=O) groups is 1. The van der Waals surface area contributed by atoms with E-state index in [4.69, 9.17) is 9.47 Å². The van der Waals surface area contributed by atoms with E-state index >= 15 is 0 Å². The topological polar surface area (TPSA) is 79.4 Å². The number of nitrogens with zero attached hydrogens (tertiary/aromatic N) is 3. The second kappa shape index (κ2) is 10.0. The van der Waals surface area contributed by atoms with E-state index in [2.05, 4.69) is 0 Å². The molecule has 1 aromatic rings. The van der Waals surface area contributed by atoms with Crippen molar-refractivity contribution in [1.82, 2.24) is 13.5 Å². The van der Waals surface area contributed by atoms with Gasteiger partial charge in [0.25, 0.3) is 10.2 Å². The molecule has 1 amide bonds. The van der Waals surface area contributed by atoms with Gasteiger partial charge in [0.05, 0.1) is 18.8 Å². The number of amides is 1. The number of ether oxygens (including phenoxy) is 2. The van der Waals surface area contributed by atoms with E-state index in [9.17, 15) is 17.6 Å². The fraction of sp³-hybridized carbons (Fsp3) is 0.650. The van der Waals surface area contributed by atoms with Crippen LogP contribution in [0.5, 0.6) is 5.75 Å². The largest absolute Gasteiger partial charge is 0.493 e. The van der Waals surface area contributed by atoms with Crippen LogP contribution in [-0.2, 0) is 19.7 Å². The highest BCUT2D eigenvalue weighted by molar-refractivity contribution is 7.86. The van der Waals surface area contributed by atoms with Gasteiger partial charge in [0.2, 0.25) is 5.91 Å². The third-order valence-corrected chi connectivity index (χ3v) is 7.20. The summed E-state index contributed by atoms with van der Waals surface area (Å²) in [7, 11) is -3.56. The van der Waals surface area contributed by atoms with Crippen LogP contribution in [0.15, 0.2) is 24.3 Å². The van der Waals surface area contributed by atoms with E-state index in [0.717, 1.165) is 0 Å². The number of morpholine rings is 1. The summed E-state index contributed by atoms with van der Waals surface area (Å²) in [5.74, 6) is 0.0499. The molecule has 3 rings (SSSR count). The number of hydrogen-bond donors (Lipinski definition) is 0. The highest BCUT2D eigenvalue weighted by atomic mass is 32.2. The second-order valence-electron chi connectivity index (χ2n) is 7.77. The molecule has 0 spiro atoms. The first-order chi connectivity index (χ1) is 14.3. The lowest BCUT2D eigenvalue weighted by molar-refractivity contribution is -0.132. The fourth-order valence-corrected chi connectivity index (χ4v) is 5.53. The van der Waals surface area contributed by atoms with E-state index in [-0.39, 0.29) is 37.0 Å². The van der Waals surface area contributed by atoms with Crippen molar-refractivity contribution in [1.29, 1.82) is 0 Å². The number of halogens is 1. The molecule has 2 saturated heterocycles. The molecule has 2 atom stereocenters. The Labute approximate surface area is 177 Å². The van der Waals surface area contributed by atoms with Crippen molar-refractivity contribution in [2.75, 3.05) is 45.9 Å². The molecule has 30 heavy (non-hydrogen) atoms. The smallest absolute Gasteiger partial charge is 0.282 e. The zero-order chi connectivity index (χ0) is 21.7. The molecule has 0 bridgehead atoms. The summed E-state index contributed by atoms with van der Waals surface area (Å²) in [4.78, 5) is 14.1. The van der Waals surface area contributed by atoms with Gasteiger partial charge in [-0.15, -0.1) is 0 Å². The molecule has 0 aliphatic carbocycles. The van der Waals surface area contributed by atoms with Crippen molar-refractivity contribution in [3.05, 3.63) is 30.1 Å². The maximum atomic E-state index is 13.1. The Bertz CT molecular complexity index is 819. The van der Waals surface area contributed by atoms with Crippen LogP contribution < -0.4 is 4.74 Å². The Kier molecular flexibility index (Phi) is 7.67. The predicted molar refractivity (Wildman–Crippen MR) is 110 cm³/mol. The van der Waals surface area contributed by atoms with Gasteiger partial charge in [-0.1, -0.05) is 6.07 Å². The average molecular weight is 444 g/mol. The molecule has 8 nitrogen and oxygen atoms in total. The molecule has 0 N–H and O–H groups in total. The summed E-state index contributed by atoms with van der Waals surface area (Å²) in [5, 5.41) is 0. The van der Waals surface area contributed by atoms with Gasteiger partial charge >= 0.3 is 0 Å². The minimum Gasteiger partial charge on any atom is -0.493 e. The van der Waals surface area contributed by atoms with Crippen LogP contribution >= 0.6 is 0 Å². The Hall–Kier alpha value is -1.75. The first-order valence-electron chi connectivity index (χ1n) is 10.3. The number of benzene rings is 1. The van der Waals surface area contributed by atoms with Crippen molar-refractivity contribution in [3.63, 3.8) is 0 Å². The van der Waals surface area contributed by atoms with Gasteiger partial charge in [-0.3, -0.25) is 4.79 Å². The minimum absolute atomic E-state index is 0.0245.